The van der Waals surface area contributed by atoms with Gasteiger partial charge < -0.3 is 10.6 Å². The van der Waals surface area contributed by atoms with Gasteiger partial charge in [0.05, 0.1) is 0 Å². The molecule has 1 aliphatic rings. The molecule has 0 spiro atoms. The van der Waals surface area contributed by atoms with Gasteiger partial charge in [-0.15, -0.1) is 0 Å². The summed E-state index contributed by atoms with van der Waals surface area (Å²) in [6.07, 6.45) is 4.36. The maximum Gasteiger partial charge on any atom is 0.223 e. The summed E-state index contributed by atoms with van der Waals surface area (Å²) in [5.41, 5.74) is 1.47. The lowest BCUT2D eigenvalue weighted by Crippen LogP contribution is -2.33. The summed E-state index contributed by atoms with van der Waals surface area (Å²) in [6.45, 7) is 8.98. The fourth-order valence-corrected chi connectivity index (χ4v) is 1.71. The molecule has 2 N–H and O–H groups in total. The fraction of sp³-hybridized carbons (Fsp3) is 0.769. The summed E-state index contributed by atoms with van der Waals surface area (Å²) < 4.78 is 0. The smallest absolute Gasteiger partial charge is 0.223 e. The number of hydrogen-bond acceptors (Lipinski definition) is 2. The number of amides is 1. The first-order valence-corrected chi connectivity index (χ1v) is 6.27. The van der Waals surface area contributed by atoms with E-state index in [1.165, 1.54) is 5.57 Å². The zero-order valence-corrected chi connectivity index (χ0v) is 10.7. The van der Waals surface area contributed by atoms with Crippen molar-refractivity contribution in [3.63, 3.8) is 0 Å². The van der Waals surface area contributed by atoms with Gasteiger partial charge in [-0.25, -0.2) is 0 Å². The van der Waals surface area contributed by atoms with Crippen LogP contribution >= 0.6 is 0 Å². The van der Waals surface area contributed by atoms with Crippen LogP contribution in [0, 0.1) is 11.8 Å². The lowest BCUT2D eigenvalue weighted by Gasteiger charge is -2.17. The third kappa shape index (κ3) is 4.35. The molecule has 92 valence electrons. The Morgan fingerprint density at radius 3 is 2.81 bits per heavy atom. The van der Waals surface area contributed by atoms with Gasteiger partial charge >= 0.3 is 0 Å². The summed E-state index contributed by atoms with van der Waals surface area (Å²) >= 11 is 0. The van der Waals surface area contributed by atoms with Crippen LogP contribution in [0.4, 0.5) is 0 Å². The summed E-state index contributed by atoms with van der Waals surface area (Å²) in [5.74, 6) is 0.713. The third-order valence-electron chi connectivity index (χ3n) is 3.32. The third-order valence-corrected chi connectivity index (χ3v) is 3.32. The minimum atomic E-state index is 0.113. The van der Waals surface area contributed by atoms with E-state index >= 15 is 0 Å². The van der Waals surface area contributed by atoms with Crippen LogP contribution in [0.15, 0.2) is 11.6 Å². The van der Waals surface area contributed by atoms with Crippen LogP contribution in [0.3, 0.4) is 0 Å². The normalized spacial score (nSPS) is 18.1. The first-order chi connectivity index (χ1) is 7.61. The zero-order chi connectivity index (χ0) is 12.0. The average molecular weight is 224 g/mol. The summed E-state index contributed by atoms with van der Waals surface area (Å²) in [6, 6.07) is 0. The van der Waals surface area contributed by atoms with E-state index in [-0.39, 0.29) is 11.8 Å². The van der Waals surface area contributed by atoms with Gasteiger partial charge in [-0.3, -0.25) is 4.79 Å². The molecule has 0 aromatic carbocycles. The molecule has 1 amide bonds. The molecule has 16 heavy (non-hydrogen) atoms. The Morgan fingerprint density at radius 1 is 1.50 bits per heavy atom. The van der Waals surface area contributed by atoms with Crippen LogP contribution < -0.4 is 10.6 Å². The van der Waals surface area contributed by atoms with E-state index in [2.05, 4.69) is 30.6 Å². The molecule has 1 unspecified atom stereocenters. The Labute approximate surface area is 98.7 Å². The van der Waals surface area contributed by atoms with Gasteiger partial charge in [-0.05, 0) is 25.3 Å². The number of hydrogen-bond donors (Lipinski definition) is 2. The molecule has 0 saturated heterocycles. The Balaban J connectivity index is 2.19. The lowest BCUT2D eigenvalue weighted by molar-refractivity contribution is -0.125. The van der Waals surface area contributed by atoms with E-state index in [1.807, 2.05) is 6.92 Å². The van der Waals surface area contributed by atoms with Crippen LogP contribution in [0.25, 0.3) is 0 Å². The Hall–Kier alpha value is -0.830. The highest BCUT2D eigenvalue weighted by Crippen LogP contribution is 2.10. The molecule has 1 atom stereocenters. The summed E-state index contributed by atoms with van der Waals surface area (Å²) in [5, 5.41) is 6.29. The van der Waals surface area contributed by atoms with Crippen molar-refractivity contribution in [3.8, 4) is 0 Å². The Morgan fingerprint density at radius 2 is 2.25 bits per heavy atom. The molecular formula is C13H24N2O. The molecule has 0 radical (unpaired) electrons. The maximum absolute atomic E-state index is 11.7. The monoisotopic (exact) mass is 224 g/mol. The van der Waals surface area contributed by atoms with Crippen LogP contribution in [-0.2, 0) is 4.79 Å². The second kappa shape index (κ2) is 6.69. The van der Waals surface area contributed by atoms with Crippen molar-refractivity contribution in [2.24, 2.45) is 11.8 Å². The molecule has 1 heterocycles. The van der Waals surface area contributed by atoms with E-state index in [0.717, 1.165) is 32.5 Å². The highest BCUT2D eigenvalue weighted by atomic mass is 16.1. The van der Waals surface area contributed by atoms with E-state index in [1.54, 1.807) is 0 Å². The molecule has 0 aromatic heterocycles. The van der Waals surface area contributed by atoms with Crippen molar-refractivity contribution in [3.05, 3.63) is 11.6 Å². The van der Waals surface area contributed by atoms with Crippen molar-refractivity contribution >= 4 is 5.91 Å². The molecule has 3 nitrogen and oxygen atoms in total. The lowest BCUT2D eigenvalue weighted by atomic mass is 9.97. The Bertz CT molecular complexity index is 259. The highest BCUT2D eigenvalue weighted by Gasteiger charge is 2.15. The summed E-state index contributed by atoms with van der Waals surface area (Å²) in [7, 11) is 0. The summed E-state index contributed by atoms with van der Waals surface area (Å²) in [4.78, 5) is 11.7. The topological polar surface area (TPSA) is 41.1 Å². The maximum atomic E-state index is 11.7. The largest absolute Gasteiger partial charge is 0.356 e. The van der Waals surface area contributed by atoms with Crippen molar-refractivity contribution in [1.29, 1.82) is 0 Å². The molecule has 1 aliphatic heterocycles. The molecule has 0 bridgehead atoms. The molecule has 1 rings (SSSR count). The van der Waals surface area contributed by atoms with Crippen molar-refractivity contribution < 1.29 is 4.79 Å². The van der Waals surface area contributed by atoms with Crippen molar-refractivity contribution in [1.82, 2.24) is 10.6 Å². The van der Waals surface area contributed by atoms with Crippen molar-refractivity contribution in [2.45, 2.75) is 33.6 Å². The predicted octanol–water partition coefficient (Wildman–Crippen LogP) is 1.70. The molecule has 0 aliphatic carbocycles. The van der Waals surface area contributed by atoms with Crippen LogP contribution in [0.5, 0.6) is 0 Å². The second-order valence-electron chi connectivity index (χ2n) is 4.89. The molecule has 0 aromatic rings. The average Bonchev–Trinajstić information content (AvgIpc) is 2.29. The quantitative estimate of drug-likeness (QED) is 0.698. The predicted molar refractivity (Wildman–Crippen MR) is 67.2 cm³/mol. The molecule has 0 fully saturated rings. The minimum Gasteiger partial charge on any atom is -0.356 e. The first-order valence-electron chi connectivity index (χ1n) is 6.27. The molecule has 3 heteroatoms. The van der Waals surface area contributed by atoms with Crippen LogP contribution in [0.2, 0.25) is 0 Å². The number of rotatable bonds is 5. The van der Waals surface area contributed by atoms with Gasteiger partial charge in [-0.1, -0.05) is 32.4 Å². The number of carbonyl (C=O) groups is 1. The van der Waals surface area contributed by atoms with E-state index in [0.29, 0.717) is 5.92 Å². The first kappa shape index (κ1) is 13.2. The Kier molecular flexibility index (Phi) is 5.53. The van der Waals surface area contributed by atoms with Gasteiger partial charge in [0.25, 0.3) is 0 Å². The van der Waals surface area contributed by atoms with Gasteiger partial charge in [0.2, 0.25) is 5.91 Å². The van der Waals surface area contributed by atoms with Gasteiger partial charge in [0.15, 0.2) is 0 Å². The van der Waals surface area contributed by atoms with E-state index < -0.39 is 0 Å². The number of nitrogens with one attached hydrogen (secondary N) is 2. The molecule has 0 saturated carbocycles. The molecular weight excluding hydrogens is 200 g/mol. The second-order valence-corrected chi connectivity index (χ2v) is 4.89. The van der Waals surface area contributed by atoms with E-state index in [9.17, 15) is 4.79 Å². The van der Waals surface area contributed by atoms with Crippen LogP contribution in [-0.4, -0.2) is 25.5 Å². The van der Waals surface area contributed by atoms with Gasteiger partial charge in [-0.2, -0.15) is 0 Å². The standard InChI is InChI=1S/C13H24N2O/c1-10(2)11(3)13(16)15-9-6-12-4-7-14-8-5-12/h4,10-11,14H,5-9H2,1-3H3,(H,15,16). The minimum absolute atomic E-state index is 0.113. The van der Waals surface area contributed by atoms with Gasteiger partial charge in [0.1, 0.15) is 0 Å². The highest BCUT2D eigenvalue weighted by molar-refractivity contribution is 5.78. The van der Waals surface area contributed by atoms with Gasteiger partial charge in [0, 0.05) is 19.0 Å². The zero-order valence-electron chi connectivity index (χ0n) is 10.7. The van der Waals surface area contributed by atoms with Crippen molar-refractivity contribution in [2.75, 3.05) is 19.6 Å². The van der Waals surface area contributed by atoms with Crippen LogP contribution in [0.1, 0.15) is 33.6 Å². The fourth-order valence-electron chi connectivity index (χ4n) is 1.71. The number of carbonyl (C=O) groups excluding carboxylic acids is 1. The van der Waals surface area contributed by atoms with E-state index in [4.69, 9.17) is 0 Å². The SMILES string of the molecule is CC(C)C(C)C(=O)NCCC1=CCNCC1.